The van der Waals surface area contributed by atoms with Crippen molar-refractivity contribution >= 4 is 23.5 Å². The van der Waals surface area contributed by atoms with Crippen LogP contribution in [0.2, 0.25) is 5.02 Å². The lowest BCUT2D eigenvalue weighted by Gasteiger charge is -2.32. The van der Waals surface area contributed by atoms with Gasteiger partial charge in [-0.1, -0.05) is 11.6 Å². The van der Waals surface area contributed by atoms with Crippen LogP contribution in [0.1, 0.15) is 24.8 Å². The van der Waals surface area contributed by atoms with Gasteiger partial charge in [0, 0.05) is 11.6 Å². The van der Waals surface area contributed by atoms with Crippen LogP contribution < -0.4 is 4.74 Å². The fourth-order valence-corrected chi connectivity index (χ4v) is 2.54. The molecule has 0 aliphatic carbocycles. The summed E-state index contributed by atoms with van der Waals surface area (Å²) >= 11 is 5.92. The van der Waals surface area contributed by atoms with Gasteiger partial charge >= 0.3 is 5.97 Å². The van der Waals surface area contributed by atoms with Gasteiger partial charge in [0.2, 0.25) is 0 Å². The molecule has 0 unspecified atom stereocenters. The fourth-order valence-electron chi connectivity index (χ4n) is 2.42. The number of carbonyl (C=O) groups is 2. The third kappa shape index (κ3) is 3.88. The van der Waals surface area contributed by atoms with Crippen molar-refractivity contribution in [2.24, 2.45) is 0 Å². The molecule has 0 saturated carbocycles. The number of benzene rings is 1. The average Bonchev–Trinajstić information content (AvgIpc) is 2.48. The van der Waals surface area contributed by atoms with E-state index in [1.54, 1.807) is 18.2 Å². The summed E-state index contributed by atoms with van der Waals surface area (Å²) in [4.78, 5) is 24.7. The lowest BCUT2D eigenvalue weighted by molar-refractivity contribution is -0.152. The molecule has 1 aromatic rings. The molecule has 1 saturated heterocycles. The highest BCUT2D eigenvalue weighted by molar-refractivity contribution is 6.31. The van der Waals surface area contributed by atoms with Crippen molar-refractivity contribution in [3.05, 3.63) is 28.8 Å². The molecule has 1 heterocycles. The molecule has 0 spiro atoms. The normalized spacial score (nSPS) is 18.4. The summed E-state index contributed by atoms with van der Waals surface area (Å²) in [6, 6.07) is 4.41. The van der Waals surface area contributed by atoms with Crippen molar-refractivity contribution < 1.29 is 19.4 Å². The molecule has 21 heavy (non-hydrogen) atoms. The van der Waals surface area contributed by atoms with Crippen LogP contribution in [0, 0.1) is 6.92 Å². The predicted octanol–water partition coefficient (Wildman–Crippen LogP) is 2.49. The molecule has 6 heteroatoms. The number of aryl methyl sites for hydroxylation is 1. The van der Waals surface area contributed by atoms with E-state index in [4.69, 9.17) is 21.4 Å². The lowest BCUT2D eigenvalue weighted by Crippen LogP contribution is -2.49. The highest BCUT2D eigenvalue weighted by atomic mass is 35.5. The number of rotatable bonds is 4. The minimum atomic E-state index is -0.953. The number of carboxylic acids is 1. The van der Waals surface area contributed by atoms with Gasteiger partial charge in [-0.3, -0.25) is 4.79 Å². The number of carbonyl (C=O) groups excluding carboxylic acids is 1. The number of hydrogen-bond donors (Lipinski definition) is 1. The molecule has 5 nitrogen and oxygen atoms in total. The molecule has 1 amide bonds. The van der Waals surface area contributed by atoms with Gasteiger partial charge in [0.1, 0.15) is 11.8 Å². The third-order valence-corrected chi connectivity index (χ3v) is 4.02. The van der Waals surface area contributed by atoms with E-state index in [-0.39, 0.29) is 12.5 Å². The van der Waals surface area contributed by atoms with Crippen molar-refractivity contribution in [3.63, 3.8) is 0 Å². The van der Waals surface area contributed by atoms with Gasteiger partial charge in [-0.2, -0.15) is 0 Å². The lowest BCUT2D eigenvalue weighted by atomic mass is 10.0. The molecule has 1 N–H and O–H groups in total. The quantitative estimate of drug-likeness (QED) is 0.927. The number of carboxylic acid groups (broad SMARTS) is 1. The molecule has 1 atom stereocenters. The molecule has 2 rings (SSSR count). The van der Waals surface area contributed by atoms with Crippen LogP contribution in [0.15, 0.2) is 18.2 Å². The van der Waals surface area contributed by atoms with E-state index in [0.717, 1.165) is 18.4 Å². The first-order valence-electron chi connectivity index (χ1n) is 6.90. The molecule has 0 radical (unpaired) electrons. The summed E-state index contributed by atoms with van der Waals surface area (Å²) in [7, 11) is 0. The Labute approximate surface area is 128 Å². The second-order valence-corrected chi connectivity index (χ2v) is 5.54. The van der Waals surface area contributed by atoms with Gasteiger partial charge in [0.05, 0.1) is 0 Å². The van der Waals surface area contributed by atoms with Crippen LogP contribution in [-0.4, -0.2) is 41.1 Å². The van der Waals surface area contributed by atoms with Crippen LogP contribution >= 0.6 is 11.6 Å². The molecular weight excluding hydrogens is 294 g/mol. The maximum atomic E-state index is 12.1. The number of amides is 1. The summed E-state index contributed by atoms with van der Waals surface area (Å²) in [6.07, 6.45) is 2.16. The van der Waals surface area contributed by atoms with Crippen molar-refractivity contribution in [2.45, 2.75) is 32.2 Å². The Morgan fingerprint density at radius 1 is 1.43 bits per heavy atom. The van der Waals surface area contributed by atoms with Crippen molar-refractivity contribution in [2.75, 3.05) is 13.2 Å². The maximum absolute atomic E-state index is 12.1. The van der Waals surface area contributed by atoms with Gasteiger partial charge in [0.15, 0.2) is 6.61 Å². The van der Waals surface area contributed by atoms with Crippen molar-refractivity contribution in [3.8, 4) is 5.75 Å². The summed E-state index contributed by atoms with van der Waals surface area (Å²) < 4.78 is 5.44. The van der Waals surface area contributed by atoms with E-state index in [2.05, 4.69) is 0 Å². The van der Waals surface area contributed by atoms with E-state index in [1.807, 2.05) is 6.92 Å². The Hall–Kier alpha value is -1.75. The van der Waals surface area contributed by atoms with E-state index < -0.39 is 12.0 Å². The Bertz CT molecular complexity index is 546. The van der Waals surface area contributed by atoms with E-state index in [1.165, 1.54) is 4.90 Å². The van der Waals surface area contributed by atoms with Gasteiger partial charge < -0.3 is 14.7 Å². The number of ether oxygens (including phenoxy) is 1. The number of likely N-dealkylation sites (tertiary alicyclic amines) is 1. The smallest absolute Gasteiger partial charge is 0.326 e. The zero-order valence-electron chi connectivity index (χ0n) is 11.8. The molecule has 0 bridgehead atoms. The Morgan fingerprint density at radius 2 is 2.19 bits per heavy atom. The number of piperidine rings is 1. The van der Waals surface area contributed by atoms with Crippen LogP contribution in [0.4, 0.5) is 0 Å². The molecule has 1 aromatic carbocycles. The monoisotopic (exact) mass is 311 g/mol. The summed E-state index contributed by atoms with van der Waals surface area (Å²) in [6.45, 7) is 2.16. The number of halogens is 1. The van der Waals surface area contributed by atoms with Gasteiger partial charge in [-0.05, 0) is 49.9 Å². The molecular formula is C15H18ClNO4. The number of aliphatic carboxylic acids is 1. The Balaban J connectivity index is 1.96. The minimum absolute atomic E-state index is 0.162. The number of hydrogen-bond acceptors (Lipinski definition) is 3. The topological polar surface area (TPSA) is 66.8 Å². The largest absolute Gasteiger partial charge is 0.484 e. The molecule has 1 fully saturated rings. The first-order valence-corrected chi connectivity index (χ1v) is 7.28. The zero-order valence-corrected chi connectivity index (χ0v) is 12.6. The van der Waals surface area contributed by atoms with E-state index in [0.29, 0.717) is 23.7 Å². The average molecular weight is 312 g/mol. The molecule has 1 aliphatic heterocycles. The maximum Gasteiger partial charge on any atom is 0.326 e. The van der Waals surface area contributed by atoms with Crippen LogP contribution in [-0.2, 0) is 9.59 Å². The predicted molar refractivity (Wildman–Crippen MR) is 78.7 cm³/mol. The van der Waals surface area contributed by atoms with Crippen LogP contribution in [0.25, 0.3) is 0 Å². The second kappa shape index (κ2) is 6.80. The molecule has 0 aromatic heterocycles. The van der Waals surface area contributed by atoms with Crippen LogP contribution in [0.5, 0.6) is 5.75 Å². The van der Waals surface area contributed by atoms with Gasteiger partial charge in [-0.15, -0.1) is 0 Å². The molecule has 114 valence electrons. The summed E-state index contributed by atoms with van der Waals surface area (Å²) in [5.74, 6) is -0.700. The zero-order chi connectivity index (χ0) is 15.4. The highest BCUT2D eigenvalue weighted by Crippen LogP contribution is 2.22. The first kappa shape index (κ1) is 15.6. The Morgan fingerprint density at radius 3 is 2.86 bits per heavy atom. The SMILES string of the molecule is Cc1cc(OCC(=O)N2CCCC[C@@H]2C(=O)O)ccc1Cl. The van der Waals surface area contributed by atoms with Crippen molar-refractivity contribution in [1.29, 1.82) is 0 Å². The summed E-state index contributed by atoms with van der Waals surface area (Å²) in [5, 5.41) is 9.80. The van der Waals surface area contributed by atoms with Crippen molar-refractivity contribution in [1.82, 2.24) is 4.90 Å². The van der Waals surface area contributed by atoms with Gasteiger partial charge in [-0.25, -0.2) is 4.79 Å². The third-order valence-electron chi connectivity index (χ3n) is 3.60. The first-order chi connectivity index (χ1) is 9.99. The second-order valence-electron chi connectivity index (χ2n) is 5.14. The standard InChI is InChI=1S/C15H18ClNO4/c1-10-8-11(5-6-12(10)16)21-9-14(18)17-7-3-2-4-13(17)15(19)20/h5-6,8,13H,2-4,7,9H2,1H3,(H,19,20)/t13-/m1/s1. The Kier molecular flexibility index (Phi) is 5.07. The van der Waals surface area contributed by atoms with E-state index in [9.17, 15) is 9.59 Å². The fraction of sp³-hybridized carbons (Fsp3) is 0.467. The van der Waals surface area contributed by atoms with Crippen LogP contribution in [0.3, 0.4) is 0 Å². The van der Waals surface area contributed by atoms with E-state index >= 15 is 0 Å². The van der Waals surface area contributed by atoms with Gasteiger partial charge in [0.25, 0.3) is 5.91 Å². The number of nitrogens with zero attached hydrogens (tertiary/aromatic N) is 1. The highest BCUT2D eigenvalue weighted by Gasteiger charge is 2.31. The molecule has 1 aliphatic rings. The summed E-state index contributed by atoms with van der Waals surface area (Å²) in [5.41, 5.74) is 0.864. The minimum Gasteiger partial charge on any atom is -0.484 e.